The van der Waals surface area contributed by atoms with E-state index in [9.17, 15) is 0 Å². The van der Waals surface area contributed by atoms with E-state index in [0.717, 1.165) is 43.9 Å². The molecule has 1 fully saturated rings. The van der Waals surface area contributed by atoms with Crippen molar-refractivity contribution in [2.75, 3.05) is 6.54 Å². The first-order valence-electron chi connectivity index (χ1n) is 8.53. The fourth-order valence-electron chi connectivity index (χ4n) is 3.56. The number of amidine groups is 1. The average molecular weight is 395 g/mol. The van der Waals surface area contributed by atoms with Crippen LogP contribution >= 0.6 is 34.8 Å². The second-order valence-electron chi connectivity index (χ2n) is 6.63. The zero-order valence-electron chi connectivity index (χ0n) is 13.7. The topological polar surface area (TPSA) is 28.5 Å². The monoisotopic (exact) mass is 393 g/mol. The van der Waals surface area contributed by atoms with Crippen molar-refractivity contribution in [1.82, 2.24) is 9.88 Å². The number of rotatable bonds is 4. The van der Waals surface area contributed by atoms with E-state index in [2.05, 4.69) is 14.9 Å². The molecule has 0 aliphatic carbocycles. The molecule has 1 unspecified atom stereocenters. The normalized spacial score (nSPS) is 18.8. The molecule has 4 rings (SSSR count). The van der Waals surface area contributed by atoms with Gasteiger partial charge in [-0.05, 0) is 55.5 Å². The number of benzene rings is 1. The van der Waals surface area contributed by atoms with E-state index < -0.39 is 0 Å². The van der Waals surface area contributed by atoms with Crippen LogP contribution in [-0.2, 0) is 12.8 Å². The van der Waals surface area contributed by atoms with Gasteiger partial charge in [-0.1, -0.05) is 40.9 Å². The highest BCUT2D eigenvalue weighted by atomic mass is 35.5. The van der Waals surface area contributed by atoms with Gasteiger partial charge in [-0.3, -0.25) is 0 Å². The van der Waals surface area contributed by atoms with Crippen LogP contribution in [0.4, 0.5) is 5.82 Å². The van der Waals surface area contributed by atoms with Crippen LogP contribution in [-0.4, -0.2) is 28.3 Å². The first-order chi connectivity index (χ1) is 12.1. The maximum Gasteiger partial charge on any atom is 0.159 e. The molecule has 0 bridgehead atoms. The van der Waals surface area contributed by atoms with Gasteiger partial charge in [0.2, 0.25) is 0 Å². The van der Waals surface area contributed by atoms with Crippen LogP contribution in [0.5, 0.6) is 0 Å². The summed E-state index contributed by atoms with van der Waals surface area (Å²) >= 11 is 18.1. The number of nitrogens with zero attached hydrogens (tertiary/aromatic N) is 3. The smallest absolute Gasteiger partial charge is 0.159 e. The molecule has 1 atom stereocenters. The third-order valence-electron chi connectivity index (χ3n) is 4.91. The van der Waals surface area contributed by atoms with Crippen molar-refractivity contribution >= 4 is 46.5 Å². The van der Waals surface area contributed by atoms with Gasteiger partial charge in [-0.2, -0.15) is 0 Å². The molecule has 0 spiro atoms. The Morgan fingerprint density at radius 2 is 1.88 bits per heavy atom. The molecular formula is C19H18Cl3N3. The van der Waals surface area contributed by atoms with Gasteiger partial charge in [0.25, 0.3) is 0 Å². The van der Waals surface area contributed by atoms with Crippen molar-refractivity contribution in [3.05, 3.63) is 56.7 Å². The van der Waals surface area contributed by atoms with E-state index in [1.807, 2.05) is 24.3 Å². The molecular weight excluding hydrogens is 377 g/mol. The predicted molar refractivity (Wildman–Crippen MR) is 105 cm³/mol. The maximum atomic E-state index is 6.07. The summed E-state index contributed by atoms with van der Waals surface area (Å²) in [6.45, 7) is 1.08. The van der Waals surface area contributed by atoms with E-state index >= 15 is 0 Å². The van der Waals surface area contributed by atoms with E-state index in [4.69, 9.17) is 34.8 Å². The third-order valence-corrected chi connectivity index (χ3v) is 5.55. The van der Waals surface area contributed by atoms with Crippen molar-refractivity contribution in [3.8, 4) is 0 Å². The number of pyridine rings is 1. The number of likely N-dealkylation sites (tertiary alicyclic amines) is 1. The van der Waals surface area contributed by atoms with Gasteiger partial charge >= 0.3 is 0 Å². The summed E-state index contributed by atoms with van der Waals surface area (Å²) in [5.41, 5.74) is 2.37. The second kappa shape index (κ2) is 7.14. The lowest BCUT2D eigenvalue weighted by Gasteiger charge is -2.43. The number of hydrogen-bond acceptors (Lipinski definition) is 3. The Morgan fingerprint density at radius 1 is 1.08 bits per heavy atom. The fraction of sp³-hybridized carbons (Fsp3) is 0.368. The summed E-state index contributed by atoms with van der Waals surface area (Å²) in [5.74, 6) is 1.91. The number of aromatic nitrogens is 1. The van der Waals surface area contributed by atoms with Crippen LogP contribution in [0.3, 0.4) is 0 Å². The van der Waals surface area contributed by atoms with E-state index in [1.54, 1.807) is 6.07 Å². The van der Waals surface area contributed by atoms with Crippen molar-refractivity contribution < 1.29 is 0 Å². The molecule has 6 heteroatoms. The van der Waals surface area contributed by atoms with E-state index in [-0.39, 0.29) is 0 Å². The molecule has 1 aromatic carbocycles. The summed E-state index contributed by atoms with van der Waals surface area (Å²) in [7, 11) is 0. The van der Waals surface area contributed by atoms with Crippen LogP contribution in [0, 0.1) is 0 Å². The Balaban J connectivity index is 1.33. The Morgan fingerprint density at radius 3 is 2.60 bits per heavy atom. The SMILES string of the molecule is Clc1cc(Cl)cc(CCCC2CCN2C2=Nc3nc(Cl)ccc3C2)c1. The highest BCUT2D eigenvalue weighted by Crippen LogP contribution is 2.32. The van der Waals surface area contributed by atoms with Gasteiger partial charge in [0.05, 0.1) is 0 Å². The number of aliphatic imine (C=N–C) groups is 1. The summed E-state index contributed by atoms with van der Waals surface area (Å²) in [6, 6.07) is 10.2. The molecule has 2 aliphatic rings. The van der Waals surface area contributed by atoms with Gasteiger partial charge in [0, 0.05) is 34.6 Å². The van der Waals surface area contributed by atoms with E-state index in [1.165, 1.54) is 17.5 Å². The molecule has 2 aromatic rings. The minimum atomic E-state index is 0.504. The molecule has 2 aliphatic heterocycles. The van der Waals surface area contributed by atoms with E-state index in [0.29, 0.717) is 21.2 Å². The van der Waals surface area contributed by atoms with Gasteiger partial charge < -0.3 is 4.90 Å². The maximum absolute atomic E-state index is 6.07. The van der Waals surface area contributed by atoms with Crippen LogP contribution in [0.15, 0.2) is 35.3 Å². The highest BCUT2D eigenvalue weighted by molar-refractivity contribution is 6.34. The molecule has 1 aromatic heterocycles. The summed E-state index contributed by atoms with van der Waals surface area (Å²) in [5, 5.41) is 1.91. The predicted octanol–water partition coefficient (Wildman–Crippen LogP) is 5.73. The zero-order chi connectivity index (χ0) is 17.4. The second-order valence-corrected chi connectivity index (χ2v) is 7.89. The average Bonchev–Trinajstić information content (AvgIpc) is 2.91. The fourth-order valence-corrected chi connectivity index (χ4v) is 4.28. The first-order valence-corrected chi connectivity index (χ1v) is 9.66. The van der Waals surface area contributed by atoms with Crippen LogP contribution < -0.4 is 0 Å². The lowest BCUT2D eigenvalue weighted by molar-refractivity contribution is 0.169. The van der Waals surface area contributed by atoms with Gasteiger partial charge in [-0.15, -0.1) is 0 Å². The summed E-state index contributed by atoms with van der Waals surface area (Å²) < 4.78 is 0. The Labute approximate surface area is 162 Å². The van der Waals surface area contributed by atoms with Crippen molar-refractivity contribution in [2.45, 2.75) is 38.1 Å². The number of hydrogen-bond donors (Lipinski definition) is 0. The molecule has 3 heterocycles. The van der Waals surface area contributed by atoms with Crippen LogP contribution in [0.2, 0.25) is 15.2 Å². The Bertz CT molecular complexity index is 814. The van der Waals surface area contributed by atoms with Crippen LogP contribution in [0.1, 0.15) is 30.4 Å². The lowest BCUT2D eigenvalue weighted by Crippen LogP contribution is -2.51. The minimum absolute atomic E-state index is 0.504. The van der Waals surface area contributed by atoms with Crippen molar-refractivity contribution in [2.24, 2.45) is 4.99 Å². The molecule has 0 amide bonds. The molecule has 130 valence electrons. The number of aryl methyl sites for hydroxylation is 1. The molecule has 1 saturated heterocycles. The standard InChI is InChI=1S/C19H18Cl3N3/c20-14-8-12(9-15(21)11-14)2-1-3-16-6-7-25(16)18-10-13-4-5-17(22)23-19(13)24-18/h4-5,8-9,11,16H,1-3,6-7,10H2. The number of halogens is 3. The van der Waals surface area contributed by atoms with Crippen molar-refractivity contribution in [1.29, 1.82) is 0 Å². The molecule has 0 radical (unpaired) electrons. The zero-order valence-corrected chi connectivity index (χ0v) is 16.0. The Hall–Kier alpha value is -1.29. The van der Waals surface area contributed by atoms with Gasteiger partial charge in [0.15, 0.2) is 5.82 Å². The van der Waals surface area contributed by atoms with Crippen LogP contribution in [0.25, 0.3) is 0 Å². The molecule has 3 nitrogen and oxygen atoms in total. The van der Waals surface area contributed by atoms with Crippen molar-refractivity contribution in [3.63, 3.8) is 0 Å². The molecule has 0 N–H and O–H groups in total. The first kappa shape index (κ1) is 17.1. The third kappa shape index (κ3) is 3.79. The molecule has 25 heavy (non-hydrogen) atoms. The summed E-state index contributed by atoms with van der Waals surface area (Å²) in [4.78, 5) is 11.4. The largest absolute Gasteiger partial charge is 0.357 e. The lowest BCUT2D eigenvalue weighted by atomic mass is 9.95. The van der Waals surface area contributed by atoms with Gasteiger partial charge in [0.1, 0.15) is 11.0 Å². The highest BCUT2D eigenvalue weighted by Gasteiger charge is 2.32. The number of fused-ring (bicyclic) bond motifs is 1. The molecule has 0 saturated carbocycles. The summed E-state index contributed by atoms with van der Waals surface area (Å²) in [6.07, 6.45) is 5.34. The minimum Gasteiger partial charge on any atom is -0.357 e. The van der Waals surface area contributed by atoms with Gasteiger partial charge in [-0.25, -0.2) is 9.98 Å². The Kier molecular flexibility index (Phi) is 4.90. The quantitative estimate of drug-likeness (QED) is 0.620.